The Hall–Kier alpha value is -1.95. The van der Waals surface area contributed by atoms with E-state index in [1.807, 2.05) is 12.1 Å². The van der Waals surface area contributed by atoms with Crippen molar-refractivity contribution in [3.63, 3.8) is 0 Å². The standard InChI is InChI=1S/C13H14N2O4/c16-12-13(15-7-14-12)1-2-17-9-6-11-10(5-8(9)13)18-3-4-19-11/h5-6,15H,1-4,7H2,(H,14,16). The van der Waals surface area contributed by atoms with Crippen molar-refractivity contribution >= 4 is 5.91 Å². The fraction of sp³-hybridized carbons (Fsp3) is 0.462. The summed E-state index contributed by atoms with van der Waals surface area (Å²) in [5.41, 5.74) is 0.140. The maximum absolute atomic E-state index is 12.2. The second kappa shape index (κ2) is 3.77. The predicted octanol–water partition coefficient (Wildman–Crippen LogP) is 0.112. The third-order valence-corrected chi connectivity index (χ3v) is 3.87. The minimum absolute atomic E-state index is 0.00581. The largest absolute Gasteiger partial charge is 0.493 e. The average molecular weight is 262 g/mol. The lowest BCUT2D eigenvalue weighted by Gasteiger charge is -2.34. The topological polar surface area (TPSA) is 68.8 Å². The molecule has 1 aromatic rings. The zero-order valence-corrected chi connectivity index (χ0v) is 10.3. The van der Waals surface area contributed by atoms with E-state index in [0.29, 0.717) is 50.2 Å². The lowest BCUT2D eigenvalue weighted by atomic mass is 9.84. The van der Waals surface area contributed by atoms with Crippen molar-refractivity contribution in [3.05, 3.63) is 17.7 Å². The smallest absolute Gasteiger partial charge is 0.246 e. The summed E-state index contributed by atoms with van der Waals surface area (Å²) in [5, 5.41) is 6.07. The van der Waals surface area contributed by atoms with Crippen LogP contribution in [0, 0.1) is 0 Å². The minimum Gasteiger partial charge on any atom is -0.493 e. The number of hydrogen-bond acceptors (Lipinski definition) is 5. The zero-order valence-electron chi connectivity index (χ0n) is 10.3. The van der Waals surface area contributed by atoms with Gasteiger partial charge in [0.1, 0.15) is 24.5 Å². The summed E-state index contributed by atoms with van der Waals surface area (Å²) >= 11 is 0. The predicted molar refractivity (Wildman–Crippen MR) is 65.4 cm³/mol. The summed E-state index contributed by atoms with van der Waals surface area (Å²) in [6.45, 7) is 2.05. The third kappa shape index (κ3) is 1.43. The van der Waals surface area contributed by atoms with Crippen LogP contribution in [0.3, 0.4) is 0 Å². The summed E-state index contributed by atoms with van der Waals surface area (Å²) < 4.78 is 16.8. The van der Waals surface area contributed by atoms with Gasteiger partial charge in [-0.2, -0.15) is 0 Å². The van der Waals surface area contributed by atoms with E-state index in [2.05, 4.69) is 10.6 Å². The molecule has 1 atom stereocenters. The van der Waals surface area contributed by atoms with E-state index in [0.717, 1.165) is 5.56 Å². The molecule has 1 aromatic carbocycles. The maximum atomic E-state index is 12.2. The zero-order chi connectivity index (χ0) is 12.9. The molecule has 100 valence electrons. The molecular formula is C13H14N2O4. The van der Waals surface area contributed by atoms with Gasteiger partial charge in [-0.1, -0.05) is 0 Å². The van der Waals surface area contributed by atoms with Crippen LogP contribution in [-0.4, -0.2) is 32.4 Å². The van der Waals surface area contributed by atoms with Gasteiger partial charge in [0.05, 0.1) is 13.3 Å². The second-order valence-electron chi connectivity index (χ2n) is 4.86. The van der Waals surface area contributed by atoms with Gasteiger partial charge in [-0.3, -0.25) is 10.1 Å². The molecule has 1 unspecified atom stereocenters. The summed E-state index contributed by atoms with van der Waals surface area (Å²) in [5.74, 6) is 2.05. The fourth-order valence-corrected chi connectivity index (χ4v) is 2.90. The van der Waals surface area contributed by atoms with Gasteiger partial charge in [-0.05, 0) is 6.07 Å². The van der Waals surface area contributed by atoms with Gasteiger partial charge in [0.15, 0.2) is 11.5 Å². The number of carbonyl (C=O) groups excluding carboxylic acids is 1. The lowest BCUT2D eigenvalue weighted by molar-refractivity contribution is -0.125. The molecule has 6 nitrogen and oxygen atoms in total. The lowest BCUT2D eigenvalue weighted by Crippen LogP contribution is -2.47. The van der Waals surface area contributed by atoms with Crippen LogP contribution in [0.5, 0.6) is 17.2 Å². The third-order valence-electron chi connectivity index (χ3n) is 3.87. The van der Waals surface area contributed by atoms with Crippen LogP contribution >= 0.6 is 0 Å². The van der Waals surface area contributed by atoms with Crippen molar-refractivity contribution < 1.29 is 19.0 Å². The number of hydrogen-bond donors (Lipinski definition) is 2. The van der Waals surface area contributed by atoms with Crippen molar-refractivity contribution in [2.24, 2.45) is 0 Å². The average Bonchev–Trinajstić information content (AvgIpc) is 2.80. The molecule has 3 heterocycles. The van der Waals surface area contributed by atoms with Gasteiger partial charge in [-0.15, -0.1) is 0 Å². The molecule has 3 aliphatic rings. The number of benzene rings is 1. The Morgan fingerprint density at radius 1 is 1.00 bits per heavy atom. The fourth-order valence-electron chi connectivity index (χ4n) is 2.90. The number of amides is 1. The molecule has 1 saturated heterocycles. The summed E-state index contributed by atoms with van der Waals surface area (Å²) in [4.78, 5) is 12.2. The molecule has 0 aromatic heterocycles. The molecule has 6 heteroatoms. The van der Waals surface area contributed by atoms with Crippen LogP contribution in [-0.2, 0) is 10.3 Å². The highest BCUT2D eigenvalue weighted by atomic mass is 16.6. The first-order chi connectivity index (χ1) is 9.29. The van der Waals surface area contributed by atoms with Crippen molar-refractivity contribution in [1.82, 2.24) is 10.6 Å². The van der Waals surface area contributed by atoms with Gasteiger partial charge in [0.2, 0.25) is 5.91 Å². The molecule has 19 heavy (non-hydrogen) atoms. The molecule has 0 aliphatic carbocycles. The Kier molecular flexibility index (Phi) is 2.17. The van der Waals surface area contributed by atoms with Crippen LogP contribution in [0.2, 0.25) is 0 Å². The maximum Gasteiger partial charge on any atom is 0.246 e. The van der Waals surface area contributed by atoms with Crippen LogP contribution < -0.4 is 24.8 Å². The van der Waals surface area contributed by atoms with E-state index in [4.69, 9.17) is 14.2 Å². The highest BCUT2D eigenvalue weighted by molar-refractivity contribution is 5.91. The first-order valence-corrected chi connectivity index (χ1v) is 6.40. The molecule has 3 aliphatic heterocycles. The van der Waals surface area contributed by atoms with Crippen LogP contribution in [0.15, 0.2) is 12.1 Å². The quantitative estimate of drug-likeness (QED) is 0.694. The first kappa shape index (κ1) is 10.9. The van der Waals surface area contributed by atoms with E-state index >= 15 is 0 Å². The van der Waals surface area contributed by atoms with E-state index in [9.17, 15) is 4.79 Å². The van der Waals surface area contributed by atoms with Crippen LogP contribution in [0.4, 0.5) is 0 Å². The minimum atomic E-state index is -0.691. The van der Waals surface area contributed by atoms with Crippen molar-refractivity contribution in [2.45, 2.75) is 12.0 Å². The Balaban J connectivity index is 1.88. The molecule has 0 radical (unpaired) electrons. The molecule has 4 rings (SSSR count). The summed E-state index contributed by atoms with van der Waals surface area (Å²) in [6, 6.07) is 3.68. The number of ether oxygens (including phenoxy) is 3. The normalized spacial score (nSPS) is 27.7. The molecule has 2 N–H and O–H groups in total. The molecular weight excluding hydrogens is 248 g/mol. The molecule has 1 amide bonds. The molecule has 1 spiro atoms. The first-order valence-electron chi connectivity index (χ1n) is 6.40. The number of carbonyl (C=O) groups is 1. The molecule has 0 bridgehead atoms. The van der Waals surface area contributed by atoms with E-state index < -0.39 is 5.54 Å². The number of nitrogens with one attached hydrogen (secondary N) is 2. The SMILES string of the molecule is O=C1NCNC12CCOc1cc3c(cc12)OCCO3. The Morgan fingerprint density at radius 3 is 2.47 bits per heavy atom. The summed E-state index contributed by atoms with van der Waals surface area (Å²) in [6.07, 6.45) is 0.617. The van der Waals surface area contributed by atoms with E-state index in [1.54, 1.807) is 0 Å². The van der Waals surface area contributed by atoms with Gasteiger partial charge < -0.3 is 19.5 Å². The molecule has 1 fully saturated rings. The van der Waals surface area contributed by atoms with Crippen molar-refractivity contribution in [1.29, 1.82) is 0 Å². The number of rotatable bonds is 0. The van der Waals surface area contributed by atoms with Gasteiger partial charge in [0.25, 0.3) is 0 Å². The Bertz CT molecular complexity index is 560. The number of fused-ring (bicyclic) bond motifs is 3. The highest BCUT2D eigenvalue weighted by Crippen LogP contribution is 2.45. The monoisotopic (exact) mass is 262 g/mol. The van der Waals surface area contributed by atoms with Crippen molar-refractivity contribution in [2.75, 3.05) is 26.5 Å². The van der Waals surface area contributed by atoms with Gasteiger partial charge >= 0.3 is 0 Å². The van der Waals surface area contributed by atoms with E-state index in [-0.39, 0.29) is 5.91 Å². The van der Waals surface area contributed by atoms with E-state index in [1.165, 1.54) is 0 Å². The second-order valence-corrected chi connectivity index (χ2v) is 4.86. The Morgan fingerprint density at radius 2 is 1.74 bits per heavy atom. The van der Waals surface area contributed by atoms with Gasteiger partial charge in [-0.25, -0.2) is 0 Å². The molecule has 0 saturated carbocycles. The van der Waals surface area contributed by atoms with Gasteiger partial charge in [0, 0.05) is 18.1 Å². The van der Waals surface area contributed by atoms with Crippen LogP contribution in [0.25, 0.3) is 0 Å². The van der Waals surface area contributed by atoms with Crippen LogP contribution in [0.1, 0.15) is 12.0 Å². The Labute approximate surface area is 110 Å². The summed E-state index contributed by atoms with van der Waals surface area (Å²) in [7, 11) is 0. The van der Waals surface area contributed by atoms with Crippen molar-refractivity contribution in [3.8, 4) is 17.2 Å². The highest BCUT2D eigenvalue weighted by Gasteiger charge is 2.48.